The van der Waals surface area contributed by atoms with Crippen LogP contribution in [0.3, 0.4) is 0 Å². The van der Waals surface area contributed by atoms with Gasteiger partial charge in [-0.15, -0.1) is 11.3 Å². The van der Waals surface area contributed by atoms with E-state index in [4.69, 9.17) is 9.97 Å². The Morgan fingerprint density at radius 1 is 0.217 bits per heavy atom. The monoisotopic (exact) mass is 1520 g/mol. The summed E-state index contributed by atoms with van der Waals surface area (Å²) in [5.74, 6) is 1.70. The maximum atomic E-state index is 5.94. The van der Waals surface area contributed by atoms with Crippen molar-refractivity contribution < 1.29 is 0 Å². The van der Waals surface area contributed by atoms with Gasteiger partial charge in [-0.25, -0.2) is 9.97 Å². The molecule has 7 aromatic heterocycles. The standard InChI is InChI=1S/C104H68N8SSi2/c1-8-31-71(32-9-1)107-89-61-57-69(65-87(89)85-60-64-93-99(101(85)107)106-104-110(90-53-25-26-54-91(90)111(93)104)74-36-29-47-80(68-74)114(75-37-12-3-13-38-75,76-39-14-4-15-40-76)77-41-16-5-17-42-77)70-58-62-92-95(66-70)109(72-33-10-2-11-34-72)103-105-98-94(112(92)103)63-59-84-82-49-22-24-52-88(82)108(100(84)98)73-35-28-48-81(67-73)115(78-43-18-6-19-44-78,79-45-20-7-21-46-79)97-56-30-51-86-83-50-23-27-55-96(83)113-102(86)97/h1-68H. The first kappa shape index (κ1) is 65.3. The van der Waals surface area contributed by atoms with Gasteiger partial charge in [0.15, 0.2) is 16.1 Å². The van der Waals surface area contributed by atoms with Gasteiger partial charge in [0, 0.05) is 64.5 Å². The molecule has 0 saturated carbocycles. The highest BCUT2D eigenvalue weighted by Gasteiger charge is 2.45. The van der Waals surface area contributed by atoms with Gasteiger partial charge in [-0.3, -0.25) is 17.9 Å². The van der Waals surface area contributed by atoms with Crippen molar-refractivity contribution in [3.63, 3.8) is 0 Å². The van der Waals surface area contributed by atoms with Crippen molar-refractivity contribution in [3.8, 4) is 33.9 Å². The van der Waals surface area contributed by atoms with Crippen LogP contribution >= 0.6 is 11.3 Å². The molecule has 8 nitrogen and oxygen atoms in total. The number of benzene rings is 17. The quantitative estimate of drug-likeness (QED) is 0.0853. The summed E-state index contributed by atoms with van der Waals surface area (Å²) in [4.78, 5) is 11.9. The first-order valence-electron chi connectivity index (χ1n) is 39.4. The van der Waals surface area contributed by atoms with Gasteiger partial charge in [0.05, 0.1) is 55.2 Å². The summed E-state index contributed by atoms with van der Waals surface area (Å²) in [6.07, 6.45) is 0. The Hall–Kier alpha value is -14.5. The zero-order chi connectivity index (χ0) is 75.5. The van der Waals surface area contributed by atoms with Gasteiger partial charge in [0.25, 0.3) is 0 Å². The Balaban J connectivity index is 0.684. The van der Waals surface area contributed by atoms with Gasteiger partial charge in [0.2, 0.25) is 11.6 Å². The fourth-order valence-corrected chi connectivity index (χ4v) is 31.1. The molecule has 0 bridgehead atoms. The number of rotatable bonds is 13. The molecule has 24 aromatic rings. The Bertz CT molecular complexity index is 7890. The second-order valence-corrected chi connectivity index (χ2v) is 39.0. The van der Waals surface area contributed by atoms with Crippen molar-refractivity contribution in [2.45, 2.75) is 0 Å². The van der Waals surface area contributed by atoms with Crippen molar-refractivity contribution in [2.24, 2.45) is 0 Å². The number of para-hydroxylation sites is 5. The van der Waals surface area contributed by atoms with Gasteiger partial charge >= 0.3 is 0 Å². The summed E-state index contributed by atoms with van der Waals surface area (Å²) in [6.45, 7) is 0. The number of nitrogens with zero attached hydrogens (tertiary/aromatic N) is 8. The number of imidazole rings is 4. The largest absolute Gasteiger partial charge is 0.307 e. The fourth-order valence-electron chi connectivity index (χ4n) is 19.7. The lowest BCUT2D eigenvalue weighted by Gasteiger charge is -2.35. The molecule has 0 spiro atoms. The minimum atomic E-state index is -3.11. The van der Waals surface area contributed by atoms with Crippen molar-refractivity contribution in [2.75, 3.05) is 0 Å². The SMILES string of the molecule is c1ccc(-n2c3ccc(-c4ccc5c(c4)n(-c4ccccc4)c4nc6c7c(ccc6n54)c4ccccc4n7-c4cccc([Si](c5ccccc5)(c5ccccc5)c5cccc6c5sc5ccccc56)c4)cc3c3ccc4c(nc5n(-c6cccc([Si](c7ccccc7)(c7ccccc7)c7ccccc7)c6)c6ccccc6n45)c32)cc1. The third-order valence-corrected chi connectivity index (χ3v) is 35.5. The van der Waals surface area contributed by atoms with Gasteiger partial charge in [-0.2, -0.15) is 0 Å². The Kier molecular flexibility index (Phi) is 14.5. The molecule has 0 aliphatic carbocycles. The molecule has 17 aromatic carbocycles. The van der Waals surface area contributed by atoms with E-state index in [9.17, 15) is 0 Å². The third-order valence-electron chi connectivity index (χ3n) is 24.5. The zero-order valence-electron chi connectivity index (χ0n) is 62.2. The Labute approximate surface area is 667 Å². The number of thiophene rings is 1. The summed E-state index contributed by atoms with van der Waals surface area (Å²) in [7, 11) is -6.01. The summed E-state index contributed by atoms with van der Waals surface area (Å²) in [5.41, 5.74) is 19.1. The molecule has 11 heteroatoms. The molecule has 0 saturated heterocycles. The fraction of sp³-hybridized carbons (Fsp3) is 0. The van der Waals surface area contributed by atoms with E-state index < -0.39 is 16.1 Å². The van der Waals surface area contributed by atoms with Crippen LogP contribution in [0.1, 0.15) is 0 Å². The number of fused-ring (bicyclic) bond motifs is 21. The molecule has 24 rings (SSSR count). The third kappa shape index (κ3) is 9.45. The molecule has 0 amide bonds. The Morgan fingerprint density at radius 2 is 0.591 bits per heavy atom. The van der Waals surface area contributed by atoms with E-state index in [1.807, 2.05) is 11.3 Å². The second kappa shape index (κ2) is 25.5. The molecule has 0 atom stereocenters. The molecule has 0 aliphatic heterocycles. The van der Waals surface area contributed by atoms with Crippen molar-refractivity contribution >= 4 is 188 Å². The molecule has 0 fully saturated rings. The maximum Gasteiger partial charge on any atom is 0.220 e. The topological polar surface area (TPSA) is 54.3 Å². The normalized spacial score (nSPS) is 12.3. The molecule has 538 valence electrons. The molecule has 115 heavy (non-hydrogen) atoms. The van der Waals surface area contributed by atoms with Gasteiger partial charge in [-0.05, 0) is 174 Å². The lowest BCUT2D eigenvalue weighted by Crippen LogP contribution is -2.74. The summed E-state index contributed by atoms with van der Waals surface area (Å²) in [5, 5.41) is 17.9. The summed E-state index contributed by atoms with van der Waals surface area (Å²) >= 11 is 1.92. The first-order chi connectivity index (χ1) is 57.1. The predicted octanol–water partition coefficient (Wildman–Crippen LogP) is 20.2. The van der Waals surface area contributed by atoms with Crippen LogP contribution in [0.25, 0.3) is 153 Å². The van der Waals surface area contributed by atoms with E-state index in [0.29, 0.717) is 0 Å². The summed E-state index contributed by atoms with van der Waals surface area (Å²) in [6, 6.07) is 154. The summed E-state index contributed by atoms with van der Waals surface area (Å²) < 4.78 is 17.1. The van der Waals surface area contributed by atoms with Crippen LogP contribution in [-0.2, 0) is 0 Å². The highest BCUT2D eigenvalue weighted by atomic mass is 32.1. The maximum absolute atomic E-state index is 5.94. The van der Waals surface area contributed by atoms with Crippen molar-refractivity contribution in [1.82, 2.24) is 37.0 Å². The Morgan fingerprint density at radius 3 is 1.17 bits per heavy atom. The highest BCUT2D eigenvalue weighted by molar-refractivity contribution is 7.30. The van der Waals surface area contributed by atoms with E-state index in [1.165, 1.54) is 67.1 Å². The minimum absolute atomic E-state index is 0.843. The molecular weight excluding hydrogens is 1450 g/mol. The van der Waals surface area contributed by atoms with E-state index in [-0.39, 0.29) is 0 Å². The molecule has 0 radical (unpaired) electrons. The minimum Gasteiger partial charge on any atom is -0.307 e. The second-order valence-electron chi connectivity index (χ2n) is 30.3. The van der Waals surface area contributed by atoms with Crippen LogP contribution in [0.5, 0.6) is 0 Å². The van der Waals surface area contributed by atoms with Crippen LogP contribution in [0.2, 0.25) is 0 Å². The van der Waals surface area contributed by atoms with Crippen molar-refractivity contribution in [1.29, 1.82) is 0 Å². The lowest BCUT2D eigenvalue weighted by molar-refractivity contribution is 1.11. The van der Waals surface area contributed by atoms with Crippen LogP contribution in [0.4, 0.5) is 0 Å². The predicted molar refractivity (Wildman–Crippen MR) is 487 cm³/mol. The van der Waals surface area contributed by atoms with E-state index in [2.05, 4.69) is 440 Å². The van der Waals surface area contributed by atoms with Gasteiger partial charge < -0.3 is 9.13 Å². The molecule has 0 aliphatic rings. The highest BCUT2D eigenvalue weighted by Crippen LogP contribution is 2.44. The number of aromatic nitrogens is 8. The van der Waals surface area contributed by atoms with Crippen LogP contribution in [-0.4, -0.2) is 53.2 Å². The van der Waals surface area contributed by atoms with Gasteiger partial charge in [-0.1, -0.05) is 291 Å². The molecular formula is C104H68N8SSi2. The van der Waals surface area contributed by atoms with Crippen molar-refractivity contribution in [3.05, 3.63) is 413 Å². The van der Waals surface area contributed by atoms with Crippen LogP contribution < -0.4 is 41.5 Å². The van der Waals surface area contributed by atoms with Gasteiger partial charge in [0.1, 0.15) is 11.0 Å². The van der Waals surface area contributed by atoms with E-state index >= 15 is 0 Å². The molecule has 0 N–H and O–H groups in total. The first-order valence-corrected chi connectivity index (χ1v) is 44.2. The average Bonchev–Trinajstić information content (AvgIpc) is 1.55. The molecule has 0 unspecified atom stereocenters. The van der Waals surface area contributed by atoms with Crippen LogP contribution in [0.15, 0.2) is 413 Å². The average molecular weight is 1520 g/mol. The number of hydrogen-bond donors (Lipinski definition) is 0. The number of hydrogen-bond acceptors (Lipinski definition) is 3. The van der Waals surface area contributed by atoms with Crippen LogP contribution in [0, 0.1) is 0 Å². The smallest absolute Gasteiger partial charge is 0.220 e. The zero-order valence-corrected chi connectivity index (χ0v) is 65.1. The molecule has 7 heterocycles. The van der Waals surface area contributed by atoms with E-state index in [0.717, 1.165) is 128 Å². The van der Waals surface area contributed by atoms with E-state index in [1.54, 1.807) is 0 Å². The lowest BCUT2D eigenvalue weighted by atomic mass is 10.0.